The van der Waals surface area contributed by atoms with Gasteiger partial charge in [0.05, 0.1) is 5.92 Å². The van der Waals surface area contributed by atoms with Crippen LogP contribution in [0.15, 0.2) is 18.2 Å². The standard InChI is InChI=1S/C17H25N3O2/c1-12-6-5-7-15(13(12)2)20-11-14(10-16(20)21)17(22)19-9-4-3-8-18/h5-7,14H,3-4,8-11,18H2,1-2H3,(H,19,22). The van der Waals surface area contributed by atoms with Crippen molar-refractivity contribution in [1.82, 2.24) is 5.32 Å². The molecule has 2 rings (SSSR count). The van der Waals surface area contributed by atoms with E-state index in [1.807, 2.05) is 32.0 Å². The molecule has 5 nitrogen and oxygen atoms in total. The molecule has 1 heterocycles. The van der Waals surface area contributed by atoms with E-state index in [1.54, 1.807) is 4.90 Å². The molecule has 1 aromatic carbocycles. The van der Waals surface area contributed by atoms with Gasteiger partial charge in [-0.1, -0.05) is 12.1 Å². The van der Waals surface area contributed by atoms with Crippen molar-refractivity contribution in [1.29, 1.82) is 0 Å². The van der Waals surface area contributed by atoms with Crippen LogP contribution in [-0.4, -0.2) is 31.4 Å². The van der Waals surface area contributed by atoms with Crippen molar-refractivity contribution >= 4 is 17.5 Å². The van der Waals surface area contributed by atoms with E-state index in [9.17, 15) is 9.59 Å². The first-order valence-corrected chi connectivity index (χ1v) is 7.89. The molecule has 0 radical (unpaired) electrons. The number of rotatable bonds is 6. The highest BCUT2D eigenvalue weighted by Gasteiger charge is 2.35. The van der Waals surface area contributed by atoms with Crippen molar-refractivity contribution < 1.29 is 9.59 Å². The maximum Gasteiger partial charge on any atom is 0.227 e. The summed E-state index contributed by atoms with van der Waals surface area (Å²) in [7, 11) is 0. The quantitative estimate of drug-likeness (QED) is 0.782. The van der Waals surface area contributed by atoms with Crippen molar-refractivity contribution in [3.05, 3.63) is 29.3 Å². The van der Waals surface area contributed by atoms with Crippen molar-refractivity contribution in [3.8, 4) is 0 Å². The molecule has 1 saturated heterocycles. The zero-order valence-corrected chi connectivity index (χ0v) is 13.4. The van der Waals surface area contributed by atoms with Gasteiger partial charge in [-0.05, 0) is 50.4 Å². The number of hydrogen-bond donors (Lipinski definition) is 2. The zero-order valence-electron chi connectivity index (χ0n) is 13.4. The number of nitrogens with two attached hydrogens (primary N) is 1. The van der Waals surface area contributed by atoms with Crippen LogP contribution in [0, 0.1) is 19.8 Å². The average Bonchev–Trinajstić information content (AvgIpc) is 2.88. The molecule has 120 valence electrons. The van der Waals surface area contributed by atoms with Gasteiger partial charge in [0.1, 0.15) is 0 Å². The predicted molar refractivity (Wildman–Crippen MR) is 87.7 cm³/mol. The molecule has 0 bridgehead atoms. The predicted octanol–water partition coefficient (Wildman–Crippen LogP) is 1.51. The van der Waals surface area contributed by atoms with Crippen LogP contribution in [0.25, 0.3) is 0 Å². The van der Waals surface area contributed by atoms with E-state index < -0.39 is 0 Å². The fourth-order valence-corrected chi connectivity index (χ4v) is 2.77. The fraction of sp³-hybridized carbons (Fsp3) is 0.529. The summed E-state index contributed by atoms with van der Waals surface area (Å²) < 4.78 is 0. The van der Waals surface area contributed by atoms with E-state index in [4.69, 9.17) is 5.73 Å². The maximum absolute atomic E-state index is 12.3. The molecule has 1 fully saturated rings. The Morgan fingerprint density at radius 2 is 2.14 bits per heavy atom. The molecule has 3 N–H and O–H groups in total. The van der Waals surface area contributed by atoms with Gasteiger partial charge in [0.15, 0.2) is 0 Å². The molecule has 1 unspecified atom stereocenters. The molecule has 2 amide bonds. The Balaban J connectivity index is 1.98. The summed E-state index contributed by atoms with van der Waals surface area (Å²) in [5.74, 6) is -0.265. The summed E-state index contributed by atoms with van der Waals surface area (Å²) in [5.41, 5.74) is 8.60. The van der Waals surface area contributed by atoms with Gasteiger partial charge < -0.3 is 16.0 Å². The van der Waals surface area contributed by atoms with Gasteiger partial charge in [0.2, 0.25) is 11.8 Å². The van der Waals surface area contributed by atoms with Crippen LogP contribution >= 0.6 is 0 Å². The molecule has 1 aliphatic rings. The number of nitrogens with one attached hydrogen (secondary N) is 1. The number of nitrogens with zero attached hydrogens (tertiary/aromatic N) is 1. The lowest BCUT2D eigenvalue weighted by Gasteiger charge is -2.20. The van der Waals surface area contributed by atoms with Crippen molar-refractivity contribution in [2.75, 3.05) is 24.5 Å². The molecule has 0 aliphatic carbocycles. The summed E-state index contributed by atoms with van der Waals surface area (Å²) in [6, 6.07) is 5.92. The molecular formula is C17H25N3O2. The minimum absolute atomic E-state index is 0.0239. The molecule has 5 heteroatoms. The van der Waals surface area contributed by atoms with Gasteiger partial charge in [-0.3, -0.25) is 9.59 Å². The van der Waals surface area contributed by atoms with Crippen LogP contribution in [0.2, 0.25) is 0 Å². The van der Waals surface area contributed by atoms with Crippen LogP contribution in [0.4, 0.5) is 5.69 Å². The zero-order chi connectivity index (χ0) is 16.1. The van der Waals surface area contributed by atoms with Gasteiger partial charge >= 0.3 is 0 Å². The summed E-state index contributed by atoms with van der Waals surface area (Å²) in [5, 5.41) is 2.90. The molecule has 22 heavy (non-hydrogen) atoms. The third kappa shape index (κ3) is 3.65. The van der Waals surface area contributed by atoms with E-state index in [2.05, 4.69) is 5.32 Å². The van der Waals surface area contributed by atoms with Gasteiger partial charge in [-0.15, -0.1) is 0 Å². The van der Waals surface area contributed by atoms with E-state index in [-0.39, 0.29) is 24.2 Å². The van der Waals surface area contributed by atoms with Gasteiger partial charge in [-0.25, -0.2) is 0 Å². The van der Waals surface area contributed by atoms with Crippen molar-refractivity contribution in [2.24, 2.45) is 11.7 Å². The van der Waals surface area contributed by atoms with Gasteiger partial charge in [-0.2, -0.15) is 0 Å². The third-order valence-electron chi connectivity index (χ3n) is 4.29. The minimum atomic E-state index is -0.259. The number of amides is 2. The second-order valence-corrected chi connectivity index (χ2v) is 5.91. The van der Waals surface area contributed by atoms with Crippen molar-refractivity contribution in [2.45, 2.75) is 33.1 Å². The minimum Gasteiger partial charge on any atom is -0.356 e. The monoisotopic (exact) mass is 303 g/mol. The lowest BCUT2D eigenvalue weighted by molar-refractivity contribution is -0.126. The Bertz CT molecular complexity index is 557. The number of carbonyl (C=O) groups is 2. The normalized spacial score (nSPS) is 17.9. The number of carbonyl (C=O) groups excluding carboxylic acids is 2. The first kappa shape index (κ1) is 16.5. The smallest absolute Gasteiger partial charge is 0.227 e. The van der Waals surface area contributed by atoms with E-state index in [0.29, 0.717) is 19.6 Å². The Labute approximate surface area is 131 Å². The number of hydrogen-bond acceptors (Lipinski definition) is 3. The lowest BCUT2D eigenvalue weighted by Crippen LogP contribution is -2.33. The molecule has 0 saturated carbocycles. The van der Waals surface area contributed by atoms with E-state index >= 15 is 0 Å². The molecule has 1 aliphatic heterocycles. The third-order valence-corrected chi connectivity index (χ3v) is 4.29. The number of anilines is 1. The maximum atomic E-state index is 12.3. The first-order valence-electron chi connectivity index (χ1n) is 7.89. The fourth-order valence-electron chi connectivity index (χ4n) is 2.77. The number of benzene rings is 1. The molecule has 0 spiro atoms. The topological polar surface area (TPSA) is 75.4 Å². The highest BCUT2D eigenvalue weighted by Crippen LogP contribution is 2.29. The highest BCUT2D eigenvalue weighted by molar-refractivity contribution is 6.00. The highest BCUT2D eigenvalue weighted by atomic mass is 16.2. The number of aryl methyl sites for hydroxylation is 1. The Morgan fingerprint density at radius 1 is 1.36 bits per heavy atom. The molecule has 0 aromatic heterocycles. The second-order valence-electron chi connectivity index (χ2n) is 5.91. The van der Waals surface area contributed by atoms with Crippen LogP contribution in [-0.2, 0) is 9.59 Å². The van der Waals surface area contributed by atoms with E-state index in [0.717, 1.165) is 29.7 Å². The summed E-state index contributed by atoms with van der Waals surface area (Å²) in [6.45, 7) is 5.77. The Morgan fingerprint density at radius 3 is 2.86 bits per heavy atom. The second kappa shape index (κ2) is 7.40. The average molecular weight is 303 g/mol. The lowest BCUT2D eigenvalue weighted by atomic mass is 10.1. The Hall–Kier alpha value is -1.88. The Kier molecular flexibility index (Phi) is 5.55. The molecular weight excluding hydrogens is 278 g/mol. The molecule has 1 aromatic rings. The molecule has 1 atom stereocenters. The SMILES string of the molecule is Cc1cccc(N2CC(C(=O)NCCCCN)CC2=O)c1C. The van der Waals surface area contributed by atoms with Gasteiger partial charge in [0, 0.05) is 25.2 Å². The van der Waals surface area contributed by atoms with Crippen molar-refractivity contribution in [3.63, 3.8) is 0 Å². The van der Waals surface area contributed by atoms with Crippen LogP contribution < -0.4 is 16.0 Å². The van der Waals surface area contributed by atoms with Crippen LogP contribution in [0.5, 0.6) is 0 Å². The summed E-state index contributed by atoms with van der Waals surface area (Å²) >= 11 is 0. The largest absolute Gasteiger partial charge is 0.356 e. The van der Waals surface area contributed by atoms with Gasteiger partial charge in [0.25, 0.3) is 0 Å². The number of unbranched alkanes of at least 4 members (excludes halogenated alkanes) is 1. The summed E-state index contributed by atoms with van der Waals surface area (Å²) in [4.78, 5) is 26.2. The van der Waals surface area contributed by atoms with Crippen LogP contribution in [0.3, 0.4) is 0 Å². The van der Waals surface area contributed by atoms with E-state index in [1.165, 1.54) is 0 Å². The van der Waals surface area contributed by atoms with Crippen LogP contribution in [0.1, 0.15) is 30.4 Å². The summed E-state index contributed by atoms with van der Waals surface area (Å²) in [6.07, 6.45) is 2.07. The first-order chi connectivity index (χ1) is 10.5.